The van der Waals surface area contributed by atoms with Gasteiger partial charge in [-0.3, -0.25) is 14.5 Å². The number of hydrogen-bond donors (Lipinski definition) is 1. The summed E-state index contributed by atoms with van der Waals surface area (Å²) in [6.07, 6.45) is 8.15. The zero-order chi connectivity index (χ0) is 22.0. The lowest BCUT2D eigenvalue weighted by molar-refractivity contribution is -0.162. The summed E-state index contributed by atoms with van der Waals surface area (Å²) in [4.78, 5) is 28.0. The molecule has 3 saturated carbocycles. The second kappa shape index (κ2) is 7.40. The molecule has 4 fully saturated rings. The van der Waals surface area contributed by atoms with Crippen LogP contribution in [0.25, 0.3) is 0 Å². The number of benzene rings is 1. The highest BCUT2D eigenvalue weighted by atomic mass is 19.1. The number of halogens is 1. The van der Waals surface area contributed by atoms with Gasteiger partial charge in [0.15, 0.2) is 0 Å². The third kappa shape index (κ3) is 3.18. The van der Waals surface area contributed by atoms with Gasteiger partial charge >= 0.3 is 0 Å². The van der Waals surface area contributed by atoms with Gasteiger partial charge in [0.1, 0.15) is 5.82 Å². The number of carbonyl (C=O) groups is 2. The van der Waals surface area contributed by atoms with E-state index in [2.05, 4.69) is 13.8 Å². The van der Waals surface area contributed by atoms with Crippen LogP contribution in [-0.2, 0) is 4.79 Å². The lowest BCUT2D eigenvalue weighted by Crippen LogP contribution is -2.66. The van der Waals surface area contributed by atoms with E-state index in [9.17, 15) is 19.1 Å². The van der Waals surface area contributed by atoms with Gasteiger partial charge in [0, 0.05) is 12.0 Å². The molecule has 4 nitrogen and oxygen atoms in total. The van der Waals surface area contributed by atoms with E-state index in [-0.39, 0.29) is 29.2 Å². The molecule has 4 aliphatic rings. The summed E-state index contributed by atoms with van der Waals surface area (Å²) >= 11 is 0. The van der Waals surface area contributed by atoms with Gasteiger partial charge in [0.05, 0.1) is 11.6 Å². The molecule has 1 saturated heterocycles. The lowest BCUT2D eigenvalue weighted by atomic mass is 9.45. The summed E-state index contributed by atoms with van der Waals surface area (Å²) in [6, 6.07) is 5.56. The Hall–Kier alpha value is -1.75. The number of aliphatic hydroxyl groups excluding tert-OH is 1. The van der Waals surface area contributed by atoms with Gasteiger partial charge in [-0.25, -0.2) is 4.39 Å². The molecular formula is C26H34FNO3. The number of hydrogen-bond acceptors (Lipinski definition) is 3. The quantitative estimate of drug-likeness (QED) is 0.645. The fourth-order valence-corrected chi connectivity index (χ4v) is 8.08. The van der Waals surface area contributed by atoms with Crippen molar-refractivity contribution in [2.75, 3.05) is 0 Å². The maximum atomic E-state index is 13.4. The van der Waals surface area contributed by atoms with Crippen LogP contribution in [0.2, 0.25) is 0 Å². The van der Waals surface area contributed by atoms with Crippen molar-refractivity contribution < 1.29 is 19.1 Å². The Morgan fingerprint density at radius 3 is 2.52 bits per heavy atom. The lowest BCUT2D eigenvalue weighted by Gasteiger charge is -2.63. The third-order valence-corrected chi connectivity index (χ3v) is 9.72. The van der Waals surface area contributed by atoms with Crippen molar-refractivity contribution in [3.05, 3.63) is 35.6 Å². The molecule has 2 amide bonds. The molecule has 1 aromatic carbocycles. The van der Waals surface area contributed by atoms with E-state index in [1.807, 2.05) is 0 Å². The molecule has 0 aromatic heterocycles. The summed E-state index contributed by atoms with van der Waals surface area (Å²) < 4.78 is 13.4. The second-order valence-electron chi connectivity index (χ2n) is 11.1. The normalized spacial score (nSPS) is 42.4. The minimum Gasteiger partial charge on any atom is -0.393 e. The Kier molecular flexibility index (Phi) is 5.04. The van der Waals surface area contributed by atoms with Gasteiger partial charge in [-0.05, 0) is 112 Å². The topological polar surface area (TPSA) is 57.6 Å². The molecule has 1 N–H and O–H groups in total. The SMILES string of the molecule is C[C@]12CC[C@H](O)CC1CC[C@@H]1[C@@H]2CC[C@@]2(C)[C@H]1CCC(=O)N2C(=O)c1ccc(F)cc1. The molecule has 31 heavy (non-hydrogen) atoms. The first-order chi connectivity index (χ1) is 14.7. The highest BCUT2D eigenvalue weighted by molar-refractivity contribution is 6.05. The van der Waals surface area contributed by atoms with Crippen LogP contribution in [0.15, 0.2) is 24.3 Å². The number of aliphatic hydroxyl groups is 1. The summed E-state index contributed by atoms with van der Waals surface area (Å²) in [6.45, 7) is 4.56. The minimum absolute atomic E-state index is 0.0905. The Morgan fingerprint density at radius 2 is 1.77 bits per heavy atom. The molecule has 5 rings (SSSR count). The Labute approximate surface area is 184 Å². The highest BCUT2D eigenvalue weighted by Crippen LogP contribution is 2.63. The van der Waals surface area contributed by atoms with E-state index in [1.165, 1.54) is 24.3 Å². The van der Waals surface area contributed by atoms with Crippen LogP contribution in [0, 0.1) is 34.9 Å². The Morgan fingerprint density at radius 1 is 1.03 bits per heavy atom. The summed E-state index contributed by atoms with van der Waals surface area (Å²) in [5.74, 6) is 1.28. The Bertz CT molecular complexity index is 885. The third-order valence-electron chi connectivity index (χ3n) is 9.72. The van der Waals surface area contributed by atoms with E-state index >= 15 is 0 Å². The van der Waals surface area contributed by atoms with Gasteiger partial charge in [-0.1, -0.05) is 6.92 Å². The number of nitrogens with zero attached hydrogens (tertiary/aromatic N) is 1. The maximum absolute atomic E-state index is 13.4. The predicted molar refractivity (Wildman–Crippen MR) is 116 cm³/mol. The first kappa shape index (κ1) is 21.1. The number of amides is 2. The largest absolute Gasteiger partial charge is 0.393 e. The van der Waals surface area contributed by atoms with Crippen molar-refractivity contribution in [1.82, 2.24) is 4.90 Å². The number of piperidine rings is 1. The van der Waals surface area contributed by atoms with E-state index in [0.29, 0.717) is 35.7 Å². The van der Waals surface area contributed by atoms with Crippen LogP contribution >= 0.6 is 0 Å². The number of likely N-dealkylation sites (tertiary alicyclic amines) is 1. The van der Waals surface area contributed by atoms with Crippen molar-refractivity contribution in [2.45, 2.75) is 83.3 Å². The van der Waals surface area contributed by atoms with Crippen molar-refractivity contribution in [3.8, 4) is 0 Å². The Balaban J connectivity index is 1.45. The molecule has 1 aliphatic heterocycles. The van der Waals surface area contributed by atoms with E-state index in [0.717, 1.165) is 51.4 Å². The first-order valence-corrected chi connectivity index (χ1v) is 12.0. The molecule has 1 aromatic rings. The van der Waals surface area contributed by atoms with Crippen LogP contribution in [0.3, 0.4) is 0 Å². The van der Waals surface area contributed by atoms with Crippen LogP contribution in [0.4, 0.5) is 4.39 Å². The van der Waals surface area contributed by atoms with Crippen LogP contribution in [-0.4, -0.2) is 33.5 Å². The fourth-order valence-electron chi connectivity index (χ4n) is 8.08. The van der Waals surface area contributed by atoms with Crippen LogP contribution in [0.1, 0.15) is 82.0 Å². The molecule has 0 bridgehead atoms. The van der Waals surface area contributed by atoms with E-state index in [4.69, 9.17) is 0 Å². The maximum Gasteiger partial charge on any atom is 0.260 e. The molecule has 168 valence electrons. The molecule has 5 heteroatoms. The summed E-state index contributed by atoms with van der Waals surface area (Å²) in [5.41, 5.74) is 0.173. The van der Waals surface area contributed by atoms with Crippen molar-refractivity contribution in [2.24, 2.45) is 29.1 Å². The van der Waals surface area contributed by atoms with Gasteiger partial charge < -0.3 is 5.11 Å². The van der Waals surface area contributed by atoms with Gasteiger partial charge in [0.2, 0.25) is 5.91 Å². The minimum atomic E-state index is -0.473. The standard InChI is InChI=1S/C26H34FNO3/c1-25-13-11-19(29)15-17(25)5-8-20-21(25)12-14-26(2)22(20)9-10-23(30)28(26)24(31)16-3-6-18(27)7-4-16/h3-4,6-7,17,19-22,29H,5,8-15H2,1-2H3/t17?,19-,20+,21-,22-,25-,26-/m0/s1. The smallest absolute Gasteiger partial charge is 0.260 e. The van der Waals surface area contributed by atoms with Gasteiger partial charge in [-0.15, -0.1) is 0 Å². The molecule has 0 spiro atoms. The van der Waals surface area contributed by atoms with Crippen LogP contribution < -0.4 is 0 Å². The number of fused-ring (bicyclic) bond motifs is 5. The summed E-state index contributed by atoms with van der Waals surface area (Å²) in [5, 5.41) is 10.2. The second-order valence-corrected chi connectivity index (χ2v) is 11.1. The highest BCUT2D eigenvalue weighted by Gasteiger charge is 2.60. The average Bonchev–Trinajstić information content (AvgIpc) is 2.73. The molecule has 1 unspecified atom stereocenters. The van der Waals surface area contributed by atoms with Gasteiger partial charge in [0.25, 0.3) is 5.91 Å². The number of imide groups is 1. The zero-order valence-corrected chi connectivity index (χ0v) is 18.6. The molecule has 7 atom stereocenters. The zero-order valence-electron chi connectivity index (χ0n) is 18.6. The van der Waals surface area contributed by atoms with Gasteiger partial charge in [-0.2, -0.15) is 0 Å². The number of carbonyl (C=O) groups excluding carboxylic acids is 2. The number of rotatable bonds is 1. The van der Waals surface area contributed by atoms with E-state index < -0.39 is 5.54 Å². The molecule has 3 aliphatic carbocycles. The molecule has 0 radical (unpaired) electrons. The monoisotopic (exact) mass is 427 g/mol. The van der Waals surface area contributed by atoms with Crippen LogP contribution in [0.5, 0.6) is 0 Å². The molecular weight excluding hydrogens is 393 g/mol. The van der Waals surface area contributed by atoms with Crippen molar-refractivity contribution in [3.63, 3.8) is 0 Å². The van der Waals surface area contributed by atoms with Crippen molar-refractivity contribution in [1.29, 1.82) is 0 Å². The molecule has 1 heterocycles. The first-order valence-electron chi connectivity index (χ1n) is 12.0. The predicted octanol–water partition coefficient (Wildman–Crippen LogP) is 4.95. The fraction of sp³-hybridized carbons (Fsp3) is 0.692. The average molecular weight is 428 g/mol. The van der Waals surface area contributed by atoms with Crippen molar-refractivity contribution >= 4 is 11.8 Å². The summed E-state index contributed by atoms with van der Waals surface area (Å²) in [7, 11) is 0. The van der Waals surface area contributed by atoms with E-state index in [1.54, 1.807) is 4.90 Å².